The van der Waals surface area contributed by atoms with E-state index in [0.29, 0.717) is 0 Å². The van der Waals surface area contributed by atoms with E-state index in [4.69, 9.17) is 5.73 Å². The first-order chi connectivity index (χ1) is 6.15. The molecule has 1 unspecified atom stereocenters. The summed E-state index contributed by atoms with van der Waals surface area (Å²) in [6.45, 7) is 5.55. The smallest absolute Gasteiger partial charge is 0.180 e. The Bertz CT molecular complexity index is 206. The molecular formula is C11H19NO. The Balaban J connectivity index is 2.41. The lowest BCUT2D eigenvalue weighted by Gasteiger charge is -2.28. The first-order valence-corrected chi connectivity index (χ1v) is 5.13. The third-order valence-electron chi connectivity index (χ3n) is 3.02. The zero-order valence-electron chi connectivity index (χ0n) is 8.38. The van der Waals surface area contributed by atoms with Crippen molar-refractivity contribution in [1.29, 1.82) is 0 Å². The Hall–Kier alpha value is -0.790. The van der Waals surface area contributed by atoms with Crippen molar-refractivity contribution >= 4 is 5.78 Å². The molecule has 0 aliphatic heterocycles. The van der Waals surface area contributed by atoms with E-state index in [1.807, 2.05) is 6.92 Å². The third kappa shape index (κ3) is 2.58. The lowest BCUT2D eigenvalue weighted by Crippen LogP contribution is -2.24. The Kier molecular flexibility index (Phi) is 3.52. The SMILES string of the molecule is C=C(N)C(=O)C(CC)CC1CCC1. The van der Waals surface area contributed by atoms with Gasteiger partial charge in [-0.3, -0.25) is 4.79 Å². The monoisotopic (exact) mass is 181 g/mol. The van der Waals surface area contributed by atoms with Gasteiger partial charge in [-0.15, -0.1) is 0 Å². The highest BCUT2D eigenvalue weighted by Crippen LogP contribution is 2.33. The number of hydrogen-bond donors (Lipinski definition) is 1. The molecule has 0 amide bonds. The molecule has 0 heterocycles. The second-order valence-corrected chi connectivity index (χ2v) is 4.03. The molecule has 2 N–H and O–H groups in total. The van der Waals surface area contributed by atoms with Crippen molar-refractivity contribution in [2.24, 2.45) is 17.6 Å². The summed E-state index contributed by atoms with van der Waals surface area (Å²) in [5.41, 5.74) is 5.63. The van der Waals surface area contributed by atoms with Crippen LogP contribution in [0.1, 0.15) is 39.0 Å². The molecule has 0 bridgehead atoms. The molecule has 0 radical (unpaired) electrons. The van der Waals surface area contributed by atoms with Crippen molar-refractivity contribution < 1.29 is 4.79 Å². The molecule has 1 atom stereocenters. The summed E-state index contributed by atoms with van der Waals surface area (Å²) in [7, 11) is 0. The number of Topliss-reactive ketones (excluding diaryl/α,β-unsaturated/α-hetero) is 1. The van der Waals surface area contributed by atoms with E-state index in [1.54, 1.807) is 0 Å². The van der Waals surface area contributed by atoms with Gasteiger partial charge in [-0.2, -0.15) is 0 Å². The quantitative estimate of drug-likeness (QED) is 0.661. The zero-order valence-corrected chi connectivity index (χ0v) is 8.38. The number of carbonyl (C=O) groups excluding carboxylic acids is 1. The molecule has 2 nitrogen and oxygen atoms in total. The van der Waals surface area contributed by atoms with E-state index in [1.165, 1.54) is 19.3 Å². The first-order valence-electron chi connectivity index (χ1n) is 5.13. The van der Waals surface area contributed by atoms with E-state index < -0.39 is 0 Å². The van der Waals surface area contributed by atoms with Crippen LogP contribution < -0.4 is 5.73 Å². The van der Waals surface area contributed by atoms with Crippen molar-refractivity contribution in [2.45, 2.75) is 39.0 Å². The lowest BCUT2D eigenvalue weighted by molar-refractivity contribution is -0.120. The van der Waals surface area contributed by atoms with Crippen LogP contribution in [0, 0.1) is 11.8 Å². The van der Waals surface area contributed by atoms with Crippen LogP contribution >= 0.6 is 0 Å². The topological polar surface area (TPSA) is 43.1 Å². The minimum Gasteiger partial charge on any atom is -0.396 e. The van der Waals surface area contributed by atoms with Crippen LogP contribution in [0.15, 0.2) is 12.3 Å². The van der Waals surface area contributed by atoms with Crippen LogP contribution in [0.5, 0.6) is 0 Å². The number of allylic oxidation sites excluding steroid dienone is 1. The summed E-state index contributed by atoms with van der Waals surface area (Å²) in [5, 5.41) is 0. The zero-order chi connectivity index (χ0) is 9.84. The van der Waals surface area contributed by atoms with E-state index in [-0.39, 0.29) is 17.4 Å². The molecule has 2 heteroatoms. The van der Waals surface area contributed by atoms with Crippen molar-refractivity contribution in [2.75, 3.05) is 0 Å². The molecule has 0 saturated heterocycles. The number of rotatable bonds is 5. The van der Waals surface area contributed by atoms with Gasteiger partial charge in [0.05, 0.1) is 5.70 Å². The van der Waals surface area contributed by atoms with Gasteiger partial charge < -0.3 is 5.73 Å². The lowest BCUT2D eigenvalue weighted by atomic mass is 9.77. The van der Waals surface area contributed by atoms with Gasteiger partial charge in [-0.05, 0) is 18.8 Å². The van der Waals surface area contributed by atoms with Crippen LogP contribution in [0.3, 0.4) is 0 Å². The molecule has 0 spiro atoms. The Morgan fingerprint density at radius 1 is 1.62 bits per heavy atom. The van der Waals surface area contributed by atoms with Crippen molar-refractivity contribution in [3.63, 3.8) is 0 Å². The largest absolute Gasteiger partial charge is 0.396 e. The van der Waals surface area contributed by atoms with Gasteiger partial charge in [0, 0.05) is 5.92 Å². The molecule has 0 aromatic heterocycles. The molecule has 74 valence electrons. The molecule has 1 fully saturated rings. The second-order valence-electron chi connectivity index (χ2n) is 4.03. The molecule has 1 rings (SSSR count). The fourth-order valence-electron chi connectivity index (χ4n) is 1.85. The maximum absolute atomic E-state index is 11.5. The van der Waals surface area contributed by atoms with E-state index in [9.17, 15) is 4.79 Å². The minimum absolute atomic E-state index is 0.0643. The minimum atomic E-state index is 0.0643. The summed E-state index contributed by atoms with van der Waals surface area (Å²) in [6, 6.07) is 0. The Morgan fingerprint density at radius 2 is 2.23 bits per heavy atom. The number of hydrogen-bond acceptors (Lipinski definition) is 2. The molecule has 0 aromatic rings. The highest BCUT2D eigenvalue weighted by molar-refractivity contribution is 5.95. The molecule has 1 aliphatic rings. The van der Waals surface area contributed by atoms with Gasteiger partial charge in [0.25, 0.3) is 0 Å². The summed E-state index contributed by atoms with van der Waals surface area (Å²) in [5.74, 6) is 0.963. The van der Waals surface area contributed by atoms with E-state index in [0.717, 1.165) is 18.8 Å². The van der Waals surface area contributed by atoms with Gasteiger partial charge in [-0.1, -0.05) is 32.8 Å². The van der Waals surface area contributed by atoms with Gasteiger partial charge in [0.2, 0.25) is 0 Å². The summed E-state index contributed by atoms with van der Waals surface area (Å²) in [6.07, 6.45) is 5.83. The fraction of sp³-hybridized carbons (Fsp3) is 0.727. The average molecular weight is 181 g/mol. The van der Waals surface area contributed by atoms with Gasteiger partial charge >= 0.3 is 0 Å². The Morgan fingerprint density at radius 3 is 2.54 bits per heavy atom. The van der Waals surface area contributed by atoms with Gasteiger partial charge in [-0.25, -0.2) is 0 Å². The van der Waals surface area contributed by atoms with Crippen molar-refractivity contribution in [1.82, 2.24) is 0 Å². The van der Waals surface area contributed by atoms with Crippen molar-refractivity contribution in [3.05, 3.63) is 12.3 Å². The first kappa shape index (κ1) is 10.3. The molecular weight excluding hydrogens is 162 g/mol. The maximum atomic E-state index is 11.5. The predicted octanol–water partition coefficient (Wildman–Crippen LogP) is 2.24. The van der Waals surface area contributed by atoms with Crippen LogP contribution in [-0.2, 0) is 4.79 Å². The van der Waals surface area contributed by atoms with Crippen LogP contribution in [0.2, 0.25) is 0 Å². The number of carbonyl (C=O) groups is 1. The maximum Gasteiger partial charge on any atom is 0.180 e. The number of nitrogens with two attached hydrogens (primary N) is 1. The molecule has 13 heavy (non-hydrogen) atoms. The van der Waals surface area contributed by atoms with Gasteiger partial charge in [0.15, 0.2) is 5.78 Å². The standard InChI is InChI=1S/C11H19NO/c1-3-10(11(13)8(2)12)7-9-5-4-6-9/h9-10H,2-7,12H2,1H3. The highest BCUT2D eigenvalue weighted by atomic mass is 16.1. The number of ketones is 1. The fourth-order valence-corrected chi connectivity index (χ4v) is 1.85. The molecule has 1 aliphatic carbocycles. The van der Waals surface area contributed by atoms with Crippen molar-refractivity contribution in [3.8, 4) is 0 Å². The van der Waals surface area contributed by atoms with E-state index >= 15 is 0 Å². The summed E-state index contributed by atoms with van der Waals surface area (Å²) in [4.78, 5) is 11.5. The normalized spacial score (nSPS) is 19.2. The summed E-state index contributed by atoms with van der Waals surface area (Å²) < 4.78 is 0. The molecule has 1 saturated carbocycles. The molecule has 0 aromatic carbocycles. The van der Waals surface area contributed by atoms with Crippen LogP contribution in [0.4, 0.5) is 0 Å². The predicted molar refractivity (Wildman–Crippen MR) is 54.1 cm³/mol. The van der Waals surface area contributed by atoms with Crippen LogP contribution in [-0.4, -0.2) is 5.78 Å². The average Bonchev–Trinajstić information content (AvgIpc) is 2.02. The van der Waals surface area contributed by atoms with Crippen LogP contribution in [0.25, 0.3) is 0 Å². The van der Waals surface area contributed by atoms with Gasteiger partial charge in [0.1, 0.15) is 0 Å². The second kappa shape index (κ2) is 4.45. The van der Waals surface area contributed by atoms with E-state index in [2.05, 4.69) is 6.58 Å². The Labute approximate surface area is 80.2 Å². The summed E-state index contributed by atoms with van der Waals surface area (Å²) >= 11 is 0. The highest BCUT2D eigenvalue weighted by Gasteiger charge is 2.25. The third-order valence-corrected chi connectivity index (χ3v) is 3.02.